The number of nitrogens with one attached hydrogen (secondary N) is 4. The van der Waals surface area contributed by atoms with E-state index in [1.54, 1.807) is 0 Å². The van der Waals surface area contributed by atoms with Crippen LogP contribution in [0, 0.1) is 0 Å². The summed E-state index contributed by atoms with van der Waals surface area (Å²) in [6.45, 7) is 7.85. The predicted octanol–water partition coefficient (Wildman–Crippen LogP) is 3.52. The molecule has 11 heteroatoms. The Bertz CT molecular complexity index is 1140. The van der Waals surface area contributed by atoms with Crippen LogP contribution >= 0.6 is 0 Å². The molecule has 0 bridgehead atoms. The number of amides is 1. The molecular weight excluding hydrogens is 520 g/mol. The number of anilines is 4. The Morgan fingerprint density at radius 2 is 1.49 bits per heavy atom. The van der Waals surface area contributed by atoms with Gasteiger partial charge in [0.25, 0.3) is 0 Å². The number of aromatic nitrogens is 3. The van der Waals surface area contributed by atoms with Crippen molar-refractivity contribution in [3.05, 3.63) is 65.7 Å². The summed E-state index contributed by atoms with van der Waals surface area (Å²) in [5.41, 5.74) is 8.33. The summed E-state index contributed by atoms with van der Waals surface area (Å²) in [5, 5.41) is 12.9. The number of hydrogen-bond acceptors (Lipinski definition) is 10. The van der Waals surface area contributed by atoms with Crippen molar-refractivity contribution in [1.29, 1.82) is 0 Å². The molecule has 0 spiro atoms. The smallest absolute Gasteiger partial charge is 0.233 e. The predicted molar refractivity (Wildman–Crippen MR) is 164 cm³/mol. The van der Waals surface area contributed by atoms with Gasteiger partial charge in [0, 0.05) is 31.4 Å². The second kappa shape index (κ2) is 18.5. The number of hydrogen-bond donors (Lipinski definition) is 5. The number of rotatable bonds is 20. The molecule has 0 aliphatic heterocycles. The highest BCUT2D eigenvalue weighted by Crippen LogP contribution is 2.18. The second-order valence-corrected chi connectivity index (χ2v) is 9.49. The van der Waals surface area contributed by atoms with Crippen LogP contribution in [0.3, 0.4) is 0 Å². The maximum Gasteiger partial charge on any atom is 0.233 e. The maximum absolute atomic E-state index is 12.3. The van der Waals surface area contributed by atoms with E-state index in [9.17, 15) is 4.79 Å². The topological polar surface area (TPSA) is 148 Å². The summed E-state index contributed by atoms with van der Waals surface area (Å²) in [7, 11) is 0. The Hall–Kier alpha value is -3.80. The zero-order valence-electron chi connectivity index (χ0n) is 24.2. The SMILES string of the molecule is CCC(CC)Nc1nc(NCCc2ccccc2)nc(Nc2ccc(CC(=O)NCCOCCOCCN)cc2)n1. The lowest BCUT2D eigenvalue weighted by atomic mass is 10.1. The first-order valence-corrected chi connectivity index (χ1v) is 14.4. The molecule has 0 aliphatic rings. The van der Waals surface area contributed by atoms with Gasteiger partial charge in [-0.3, -0.25) is 4.79 Å². The summed E-state index contributed by atoms with van der Waals surface area (Å²) < 4.78 is 10.7. The quantitative estimate of drug-likeness (QED) is 0.129. The summed E-state index contributed by atoms with van der Waals surface area (Å²) >= 11 is 0. The number of carbonyl (C=O) groups excluding carboxylic acids is 1. The van der Waals surface area contributed by atoms with E-state index in [1.807, 2.05) is 42.5 Å². The zero-order chi connectivity index (χ0) is 29.1. The van der Waals surface area contributed by atoms with E-state index >= 15 is 0 Å². The summed E-state index contributed by atoms with van der Waals surface area (Å²) in [5.74, 6) is 1.41. The van der Waals surface area contributed by atoms with Crippen LogP contribution in [0.15, 0.2) is 54.6 Å². The van der Waals surface area contributed by atoms with Gasteiger partial charge in [0.2, 0.25) is 23.8 Å². The van der Waals surface area contributed by atoms with Crippen molar-refractivity contribution >= 4 is 29.4 Å². The number of nitrogens with zero attached hydrogens (tertiary/aromatic N) is 3. The summed E-state index contributed by atoms with van der Waals surface area (Å²) in [6.07, 6.45) is 3.07. The highest BCUT2D eigenvalue weighted by Gasteiger charge is 2.11. The number of carbonyl (C=O) groups is 1. The summed E-state index contributed by atoms with van der Waals surface area (Å²) in [6, 6.07) is 18.2. The van der Waals surface area contributed by atoms with Gasteiger partial charge >= 0.3 is 0 Å². The van der Waals surface area contributed by atoms with E-state index in [2.05, 4.69) is 62.2 Å². The van der Waals surface area contributed by atoms with Crippen molar-refractivity contribution in [2.45, 2.75) is 45.6 Å². The third-order valence-electron chi connectivity index (χ3n) is 6.27. The molecular formula is C30H44N8O3. The molecule has 0 atom stereocenters. The second-order valence-electron chi connectivity index (χ2n) is 9.49. The van der Waals surface area contributed by atoms with E-state index in [-0.39, 0.29) is 18.4 Å². The Morgan fingerprint density at radius 3 is 2.20 bits per heavy atom. The molecule has 1 heterocycles. The Kier molecular flexibility index (Phi) is 14.3. The van der Waals surface area contributed by atoms with Crippen LogP contribution in [0.25, 0.3) is 0 Å². The van der Waals surface area contributed by atoms with Gasteiger partial charge in [-0.25, -0.2) is 0 Å². The van der Waals surface area contributed by atoms with Crippen LogP contribution < -0.4 is 27.0 Å². The maximum atomic E-state index is 12.3. The monoisotopic (exact) mass is 564 g/mol. The first kappa shape index (κ1) is 31.7. The third-order valence-corrected chi connectivity index (χ3v) is 6.27. The Labute approximate surface area is 243 Å². The molecule has 0 saturated heterocycles. The highest BCUT2D eigenvalue weighted by molar-refractivity contribution is 5.78. The van der Waals surface area contributed by atoms with Crippen molar-refractivity contribution in [1.82, 2.24) is 20.3 Å². The van der Waals surface area contributed by atoms with Crippen molar-refractivity contribution in [3.8, 4) is 0 Å². The van der Waals surface area contributed by atoms with Crippen LogP contribution in [0.5, 0.6) is 0 Å². The van der Waals surface area contributed by atoms with Crippen molar-refractivity contribution in [2.24, 2.45) is 5.73 Å². The Balaban J connectivity index is 1.52. The van der Waals surface area contributed by atoms with E-state index in [0.717, 1.165) is 30.5 Å². The van der Waals surface area contributed by atoms with E-state index in [4.69, 9.17) is 15.2 Å². The molecule has 0 aliphatic carbocycles. The highest BCUT2D eigenvalue weighted by atomic mass is 16.5. The molecule has 0 unspecified atom stereocenters. The summed E-state index contributed by atoms with van der Waals surface area (Å²) in [4.78, 5) is 26.1. The fraction of sp³-hybridized carbons (Fsp3) is 0.467. The van der Waals surface area contributed by atoms with Gasteiger partial charge in [-0.2, -0.15) is 15.0 Å². The molecule has 2 aromatic carbocycles. The average Bonchev–Trinajstić information content (AvgIpc) is 2.99. The molecule has 41 heavy (non-hydrogen) atoms. The van der Waals surface area contributed by atoms with Crippen molar-refractivity contribution < 1.29 is 14.3 Å². The molecule has 3 aromatic rings. The molecule has 222 valence electrons. The molecule has 3 rings (SSSR count). The molecule has 0 radical (unpaired) electrons. The zero-order valence-corrected chi connectivity index (χ0v) is 24.2. The van der Waals surface area contributed by atoms with Crippen LogP contribution in [-0.2, 0) is 27.1 Å². The van der Waals surface area contributed by atoms with Crippen LogP contribution in [-0.4, -0.2) is 73.0 Å². The number of benzene rings is 2. The van der Waals surface area contributed by atoms with E-state index in [1.165, 1.54) is 5.56 Å². The fourth-order valence-electron chi connectivity index (χ4n) is 3.96. The van der Waals surface area contributed by atoms with E-state index in [0.29, 0.717) is 63.9 Å². The molecule has 1 aromatic heterocycles. The van der Waals surface area contributed by atoms with Gasteiger partial charge in [0.15, 0.2) is 0 Å². The first-order valence-electron chi connectivity index (χ1n) is 14.4. The minimum absolute atomic E-state index is 0.0607. The third kappa shape index (κ3) is 12.5. The van der Waals surface area contributed by atoms with E-state index < -0.39 is 0 Å². The lowest BCUT2D eigenvalue weighted by Gasteiger charge is -2.16. The molecule has 11 nitrogen and oxygen atoms in total. The van der Waals surface area contributed by atoms with Gasteiger partial charge < -0.3 is 36.5 Å². The standard InChI is InChI=1S/C30H44N8O3/c1-3-25(4-2)34-29-36-28(33-16-14-23-8-6-5-7-9-23)37-30(38-29)35-26-12-10-24(11-13-26)22-27(39)32-17-19-41-21-20-40-18-15-31/h5-13,25H,3-4,14-22,31H2,1-2H3,(H,32,39)(H3,33,34,35,36,37,38). The average molecular weight is 565 g/mol. The minimum Gasteiger partial charge on any atom is -0.378 e. The van der Waals surface area contributed by atoms with Crippen molar-refractivity contribution in [2.75, 3.05) is 62.0 Å². The molecule has 6 N–H and O–H groups in total. The minimum atomic E-state index is -0.0607. The molecule has 0 saturated carbocycles. The lowest BCUT2D eigenvalue weighted by molar-refractivity contribution is -0.120. The first-order chi connectivity index (χ1) is 20.1. The molecule has 1 amide bonds. The normalized spacial score (nSPS) is 10.9. The number of nitrogens with two attached hydrogens (primary N) is 1. The van der Waals surface area contributed by atoms with Crippen LogP contribution in [0.1, 0.15) is 37.8 Å². The van der Waals surface area contributed by atoms with Gasteiger partial charge in [-0.05, 0) is 42.5 Å². The van der Waals surface area contributed by atoms with Crippen LogP contribution in [0.2, 0.25) is 0 Å². The van der Waals surface area contributed by atoms with Gasteiger partial charge in [-0.15, -0.1) is 0 Å². The fourth-order valence-corrected chi connectivity index (χ4v) is 3.96. The number of ether oxygens (including phenoxy) is 2. The van der Waals surface area contributed by atoms with Gasteiger partial charge in [0.05, 0.1) is 32.8 Å². The largest absolute Gasteiger partial charge is 0.378 e. The van der Waals surface area contributed by atoms with Crippen molar-refractivity contribution in [3.63, 3.8) is 0 Å². The Morgan fingerprint density at radius 1 is 0.805 bits per heavy atom. The van der Waals surface area contributed by atoms with Crippen LogP contribution in [0.4, 0.5) is 23.5 Å². The van der Waals surface area contributed by atoms with Gasteiger partial charge in [0.1, 0.15) is 0 Å². The molecule has 0 fully saturated rings. The van der Waals surface area contributed by atoms with Gasteiger partial charge in [-0.1, -0.05) is 56.3 Å². The lowest BCUT2D eigenvalue weighted by Crippen LogP contribution is -2.29.